The van der Waals surface area contributed by atoms with Crippen LogP contribution in [0.4, 0.5) is 0 Å². The highest BCUT2D eigenvalue weighted by molar-refractivity contribution is 7.99. The summed E-state index contributed by atoms with van der Waals surface area (Å²) in [5.41, 5.74) is 1.64. The summed E-state index contributed by atoms with van der Waals surface area (Å²) < 4.78 is 0. The summed E-state index contributed by atoms with van der Waals surface area (Å²) in [5, 5.41) is 11.4. The predicted octanol–water partition coefficient (Wildman–Crippen LogP) is 2.46. The van der Waals surface area contributed by atoms with E-state index in [1.54, 1.807) is 0 Å². The average molecular weight is 309 g/mol. The van der Waals surface area contributed by atoms with Crippen LogP contribution in [0.5, 0.6) is 0 Å². The van der Waals surface area contributed by atoms with Gasteiger partial charge in [-0.1, -0.05) is 31.2 Å². The van der Waals surface area contributed by atoms with E-state index in [9.17, 15) is 9.59 Å². The van der Waals surface area contributed by atoms with E-state index in [2.05, 4.69) is 12.2 Å². The monoisotopic (exact) mass is 309 g/mol. The lowest BCUT2D eigenvalue weighted by molar-refractivity contribution is -0.134. The minimum Gasteiger partial charge on any atom is -0.481 e. The number of carbonyl (C=O) groups excluding carboxylic acids is 1. The fourth-order valence-electron chi connectivity index (χ4n) is 1.91. The van der Waals surface area contributed by atoms with E-state index < -0.39 is 11.4 Å². The Morgan fingerprint density at radius 1 is 1.24 bits per heavy atom. The largest absolute Gasteiger partial charge is 0.481 e. The number of thioether (sulfide) groups is 1. The summed E-state index contributed by atoms with van der Waals surface area (Å²) in [6.07, 6.45) is 0.980. The molecule has 0 aliphatic rings. The zero-order valence-electron chi connectivity index (χ0n) is 12.8. The number of rotatable bonds is 8. The van der Waals surface area contributed by atoms with Crippen LogP contribution in [-0.2, 0) is 21.4 Å². The molecule has 0 saturated heterocycles. The molecular weight excluding hydrogens is 286 g/mol. The van der Waals surface area contributed by atoms with Gasteiger partial charge in [-0.15, -0.1) is 11.8 Å². The predicted molar refractivity (Wildman–Crippen MR) is 86.8 cm³/mol. The van der Waals surface area contributed by atoms with E-state index in [1.165, 1.54) is 17.3 Å². The smallest absolute Gasteiger partial charge is 0.313 e. The Labute approximate surface area is 130 Å². The summed E-state index contributed by atoms with van der Waals surface area (Å²) in [6.45, 7) is 6.37. The van der Waals surface area contributed by atoms with Gasteiger partial charge in [0.25, 0.3) is 0 Å². The number of benzene rings is 1. The fourth-order valence-corrected chi connectivity index (χ4v) is 2.47. The average Bonchev–Trinajstić information content (AvgIpc) is 2.46. The summed E-state index contributed by atoms with van der Waals surface area (Å²) in [4.78, 5) is 22.7. The normalized spacial score (nSPS) is 11.2. The van der Waals surface area contributed by atoms with Gasteiger partial charge in [-0.25, -0.2) is 0 Å². The number of hydrogen-bond donors (Lipinski definition) is 2. The van der Waals surface area contributed by atoms with Gasteiger partial charge in [0.1, 0.15) is 0 Å². The van der Waals surface area contributed by atoms with Crippen LogP contribution in [0.2, 0.25) is 0 Å². The molecule has 0 unspecified atom stereocenters. The van der Waals surface area contributed by atoms with Crippen LogP contribution < -0.4 is 5.32 Å². The highest BCUT2D eigenvalue weighted by Crippen LogP contribution is 2.23. The van der Waals surface area contributed by atoms with E-state index in [0.29, 0.717) is 12.3 Å². The van der Waals surface area contributed by atoms with E-state index in [4.69, 9.17) is 5.11 Å². The molecule has 0 saturated carbocycles. The number of aliphatic carboxylic acids is 1. The van der Waals surface area contributed by atoms with Crippen molar-refractivity contribution in [3.63, 3.8) is 0 Å². The van der Waals surface area contributed by atoms with Gasteiger partial charge >= 0.3 is 5.97 Å². The van der Waals surface area contributed by atoms with Crippen molar-refractivity contribution in [1.82, 2.24) is 5.32 Å². The minimum atomic E-state index is -0.831. The molecule has 0 radical (unpaired) electrons. The SMILES string of the molecule is CCc1ccc(C(C)(C)C(=O)NCCSCC(=O)O)cc1. The first-order valence-electron chi connectivity index (χ1n) is 7.05. The number of carboxylic acid groups (broad SMARTS) is 1. The van der Waals surface area contributed by atoms with Gasteiger partial charge in [-0.05, 0) is 31.4 Å². The molecule has 5 heteroatoms. The highest BCUT2D eigenvalue weighted by Gasteiger charge is 2.29. The van der Waals surface area contributed by atoms with Crippen LogP contribution in [0.15, 0.2) is 24.3 Å². The summed E-state index contributed by atoms with van der Waals surface area (Å²) >= 11 is 1.30. The van der Waals surface area contributed by atoms with Gasteiger partial charge in [0.05, 0.1) is 11.2 Å². The molecule has 1 amide bonds. The lowest BCUT2D eigenvalue weighted by Crippen LogP contribution is -2.41. The molecule has 4 nitrogen and oxygen atoms in total. The Morgan fingerprint density at radius 2 is 1.86 bits per heavy atom. The number of nitrogens with one attached hydrogen (secondary N) is 1. The van der Waals surface area contributed by atoms with E-state index in [0.717, 1.165) is 12.0 Å². The van der Waals surface area contributed by atoms with E-state index in [-0.39, 0.29) is 11.7 Å². The Hall–Kier alpha value is -1.49. The third kappa shape index (κ3) is 5.42. The first-order chi connectivity index (χ1) is 9.87. The summed E-state index contributed by atoms with van der Waals surface area (Å²) in [7, 11) is 0. The molecule has 0 aliphatic carbocycles. The van der Waals surface area contributed by atoms with Crippen LogP contribution in [0.25, 0.3) is 0 Å². The second-order valence-electron chi connectivity index (χ2n) is 5.38. The molecule has 0 fully saturated rings. The first-order valence-corrected chi connectivity index (χ1v) is 8.20. The van der Waals surface area contributed by atoms with Crippen molar-refractivity contribution in [3.05, 3.63) is 35.4 Å². The van der Waals surface area contributed by atoms with E-state index in [1.807, 2.05) is 38.1 Å². The Kier molecular flexibility index (Phi) is 6.75. The van der Waals surface area contributed by atoms with Gasteiger partial charge in [-0.3, -0.25) is 9.59 Å². The maximum Gasteiger partial charge on any atom is 0.313 e. The quantitative estimate of drug-likeness (QED) is 0.724. The number of aryl methyl sites for hydroxylation is 1. The zero-order chi connectivity index (χ0) is 15.9. The molecule has 116 valence electrons. The molecular formula is C16H23NO3S. The van der Waals surface area contributed by atoms with Gasteiger partial charge in [0.2, 0.25) is 5.91 Å². The fraction of sp³-hybridized carbons (Fsp3) is 0.500. The van der Waals surface area contributed by atoms with Crippen molar-refractivity contribution < 1.29 is 14.7 Å². The summed E-state index contributed by atoms with van der Waals surface area (Å²) in [5.74, 6) is -0.203. The Balaban J connectivity index is 2.52. The number of amides is 1. The van der Waals surface area contributed by atoms with E-state index >= 15 is 0 Å². The van der Waals surface area contributed by atoms with Crippen LogP contribution in [0, 0.1) is 0 Å². The van der Waals surface area contributed by atoms with Crippen LogP contribution in [-0.4, -0.2) is 35.0 Å². The van der Waals surface area contributed by atoms with Crippen LogP contribution in [0.3, 0.4) is 0 Å². The maximum atomic E-state index is 12.3. The van der Waals surface area contributed by atoms with Crippen molar-refractivity contribution in [1.29, 1.82) is 0 Å². The molecule has 1 aromatic rings. The van der Waals surface area contributed by atoms with Crippen molar-refractivity contribution in [3.8, 4) is 0 Å². The third-order valence-corrected chi connectivity index (χ3v) is 4.35. The zero-order valence-corrected chi connectivity index (χ0v) is 13.6. The standard InChI is InChI=1S/C16H23NO3S/c1-4-12-5-7-13(8-6-12)16(2,3)15(20)17-9-10-21-11-14(18)19/h5-8H,4,9-11H2,1-3H3,(H,17,20)(H,18,19). The highest BCUT2D eigenvalue weighted by atomic mass is 32.2. The molecule has 2 N–H and O–H groups in total. The van der Waals surface area contributed by atoms with Gasteiger partial charge < -0.3 is 10.4 Å². The van der Waals surface area contributed by atoms with Crippen molar-refractivity contribution in [2.45, 2.75) is 32.6 Å². The molecule has 0 heterocycles. The summed E-state index contributed by atoms with van der Waals surface area (Å²) in [6, 6.07) is 8.09. The second kappa shape index (κ2) is 8.08. The van der Waals surface area contributed by atoms with Gasteiger partial charge in [0, 0.05) is 12.3 Å². The lowest BCUT2D eigenvalue weighted by atomic mass is 9.83. The van der Waals surface area contributed by atoms with Gasteiger partial charge in [0.15, 0.2) is 0 Å². The van der Waals surface area contributed by atoms with Gasteiger partial charge in [-0.2, -0.15) is 0 Å². The lowest BCUT2D eigenvalue weighted by Gasteiger charge is -2.24. The van der Waals surface area contributed by atoms with Crippen molar-refractivity contribution in [2.75, 3.05) is 18.1 Å². The second-order valence-corrected chi connectivity index (χ2v) is 6.48. The molecule has 0 atom stereocenters. The van der Waals surface area contributed by atoms with Crippen molar-refractivity contribution >= 4 is 23.6 Å². The molecule has 0 bridgehead atoms. The maximum absolute atomic E-state index is 12.3. The molecule has 1 aromatic carbocycles. The topological polar surface area (TPSA) is 66.4 Å². The molecule has 0 spiro atoms. The van der Waals surface area contributed by atoms with Crippen molar-refractivity contribution in [2.24, 2.45) is 0 Å². The van der Waals surface area contributed by atoms with Crippen LogP contribution in [0.1, 0.15) is 31.9 Å². The van der Waals surface area contributed by atoms with Crippen LogP contribution >= 0.6 is 11.8 Å². The first kappa shape index (κ1) is 17.6. The molecule has 0 aromatic heterocycles. The molecule has 0 aliphatic heterocycles. The number of hydrogen-bond acceptors (Lipinski definition) is 3. The number of carboxylic acids is 1. The third-order valence-electron chi connectivity index (χ3n) is 3.41. The minimum absolute atomic E-state index is 0.0392. The molecule has 1 rings (SSSR count). The number of carbonyl (C=O) groups is 2. The molecule has 21 heavy (non-hydrogen) atoms. The Morgan fingerprint density at radius 3 is 2.38 bits per heavy atom. The Bertz CT molecular complexity index is 483.